The number of aliphatic hydroxyl groups is 1. The van der Waals surface area contributed by atoms with Crippen LogP contribution in [0.15, 0.2) is 18.2 Å². The van der Waals surface area contributed by atoms with Gasteiger partial charge in [-0.25, -0.2) is 4.79 Å². The summed E-state index contributed by atoms with van der Waals surface area (Å²) in [6.07, 6.45) is -7.31. The van der Waals surface area contributed by atoms with Gasteiger partial charge in [0.15, 0.2) is 6.10 Å². The van der Waals surface area contributed by atoms with Crippen molar-refractivity contribution in [3.8, 4) is 5.75 Å². The van der Waals surface area contributed by atoms with Gasteiger partial charge in [-0.05, 0) is 30.7 Å². The van der Waals surface area contributed by atoms with Gasteiger partial charge in [-0.3, -0.25) is 0 Å². The molecule has 18 heavy (non-hydrogen) atoms. The Labute approximate surface area is 101 Å². The quantitative estimate of drug-likeness (QED) is 0.872. The predicted octanol–water partition coefficient (Wildman–Crippen LogP) is 2.00. The second kappa shape index (κ2) is 5.26. The van der Waals surface area contributed by atoms with Crippen LogP contribution >= 0.6 is 0 Å². The van der Waals surface area contributed by atoms with E-state index < -0.39 is 24.9 Å². The molecule has 0 aliphatic heterocycles. The average molecular weight is 264 g/mol. The third-order valence-electron chi connectivity index (χ3n) is 2.20. The SMILES string of the molecule is Cc1cc(C(=O)O)ccc1OCC(O)C(F)(F)F. The second-order valence-corrected chi connectivity index (χ2v) is 3.65. The minimum absolute atomic E-state index is 0.0104. The van der Waals surface area contributed by atoms with E-state index in [4.69, 9.17) is 14.9 Å². The summed E-state index contributed by atoms with van der Waals surface area (Å²) in [4.78, 5) is 10.6. The van der Waals surface area contributed by atoms with Gasteiger partial charge in [0.2, 0.25) is 0 Å². The topological polar surface area (TPSA) is 66.8 Å². The molecular weight excluding hydrogens is 253 g/mol. The van der Waals surface area contributed by atoms with Crippen molar-refractivity contribution in [2.75, 3.05) is 6.61 Å². The number of ether oxygens (including phenoxy) is 1. The first kappa shape index (κ1) is 14.3. The molecular formula is C11H11F3O4. The van der Waals surface area contributed by atoms with Crippen molar-refractivity contribution in [2.24, 2.45) is 0 Å². The summed E-state index contributed by atoms with van der Waals surface area (Å²) < 4.78 is 40.8. The average Bonchev–Trinajstić information content (AvgIpc) is 2.25. The number of halogens is 3. The molecule has 0 radical (unpaired) electrons. The Morgan fingerprint density at radius 1 is 1.44 bits per heavy atom. The lowest BCUT2D eigenvalue weighted by molar-refractivity contribution is -0.210. The highest BCUT2D eigenvalue weighted by molar-refractivity contribution is 5.88. The zero-order valence-electron chi connectivity index (χ0n) is 9.36. The number of carboxylic acids is 1. The summed E-state index contributed by atoms with van der Waals surface area (Å²) in [5.74, 6) is -1.04. The van der Waals surface area contributed by atoms with Gasteiger partial charge in [-0.1, -0.05) is 0 Å². The molecule has 0 spiro atoms. The van der Waals surface area contributed by atoms with Crippen LogP contribution in [0.3, 0.4) is 0 Å². The van der Waals surface area contributed by atoms with Gasteiger partial charge < -0.3 is 14.9 Å². The zero-order chi connectivity index (χ0) is 13.9. The van der Waals surface area contributed by atoms with E-state index in [9.17, 15) is 18.0 Å². The van der Waals surface area contributed by atoms with Gasteiger partial charge in [0.25, 0.3) is 0 Å². The summed E-state index contributed by atoms with van der Waals surface area (Å²) in [6.45, 7) is 0.568. The molecule has 4 nitrogen and oxygen atoms in total. The fourth-order valence-corrected chi connectivity index (χ4v) is 1.21. The number of hydrogen-bond acceptors (Lipinski definition) is 3. The standard InChI is InChI=1S/C11H11F3O4/c1-6-4-7(10(16)17)2-3-8(6)18-5-9(15)11(12,13)14/h2-4,9,15H,5H2,1H3,(H,16,17). The molecule has 2 N–H and O–H groups in total. The number of benzene rings is 1. The van der Waals surface area contributed by atoms with Crippen LogP contribution in [0.1, 0.15) is 15.9 Å². The van der Waals surface area contributed by atoms with Gasteiger partial charge in [0.1, 0.15) is 12.4 Å². The van der Waals surface area contributed by atoms with Crippen molar-refractivity contribution in [3.05, 3.63) is 29.3 Å². The molecule has 0 aliphatic rings. The van der Waals surface area contributed by atoms with E-state index in [1.807, 2.05) is 0 Å². The highest BCUT2D eigenvalue weighted by atomic mass is 19.4. The number of aromatic carboxylic acids is 1. The van der Waals surface area contributed by atoms with Crippen LogP contribution in [0, 0.1) is 6.92 Å². The Morgan fingerprint density at radius 2 is 2.06 bits per heavy atom. The highest BCUT2D eigenvalue weighted by Gasteiger charge is 2.38. The van der Waals surface area contributed by atoms with Crippen LogP contribution in [0.25, 0.3) is 0 Å². The molecule has 100 valence electrons. The Kier molecular flexibility index (Phi) is 4.18. The van der Waals surface area contributed by atoms with Crippen molar-refractivity contribution < 1.29 is 32.9 Å². The number of aryl methyl sites for hydroxylation is 1. The number of aliphatic hydroxyl groups excluding tert-OH is 1. The fourth-order valence-electron chi connectivity index (χ4n) is 1.21. The molecule has 0 saturated carbocycles. The lowest BCUT2D eigenvalue weighted by Gasteiger charge is -2.16. The molecule has 0 aliphatic carbocycles. The van der Waals surface area contributed by atoms with Gasteiger partial charge in [-0.15, -0.1) is 0 Å². The molecule has 0 amide bonds. The van der Waals surface area contributed by atoms with E-state index in [2.05, 4.69) is 0 Å². The number of alkyl halides is 3. The largest absolute Gasteiger partial charge is 0.490 e. The summed E-state index contributed by atoms with van der Waals surface area (Å²) in [6, 6.07) is 3.74. The third kappa shape index (κ3) is 3.63. The molecule has 1 rings (SSSR count). The summed E-state index contributed by atoms with van der Waals surface area (Å²) in [5.41, 5.74) is 0.389. The van der Waals surface area contributed by atoms with Crippen LogP contribution in [0.2, 0.25) is 0 Å². The maximum Gasteiger partial charge on any atom is 0.417 e. The summed E-state index contributed by atoms with van der Waals surface area (Å²) in [5, 5.41) is 17.4. The van der Waals surface area contributed by atoms with Gasteiger partial charge >= 0.3 is 12.1 Å². The highest BCUT2D eigenvalue weighted by Crippen LogP contribution is 2.23. The number of hydrogen-bond donors (Lipinski definition) is 2. The first-order valence-electron chi connectivity index (χ1n) is 4.93. The van der Waals surface area contributed by atoms with E-state index in [0.29, 0.717) is 5.56 Å². The Morgan fingerprint density at radius 3 is 2.50 bits per heavy atom. The molecule has 1 aromatic carbocycles. The molecule has 0 fully saturated rings. The van der Waals surface area contributed by atoms with Gasteiger partial charge in [-0.2, -0.15) is 13.2 Å². The van der Waals surface area contributed by atoms with E-state index in [1.165, 1.54) is 25.1 Å². The number of carbonyl (C=O) groups is 1. The van der Waals surface area contributed by atoms with Crippen molar-refractivity contribution in [1.82, 2.24) is 0 Å². The Hall–Kier alpha value is -1.76. The van der Waals surface area contributed by atoms with Crippen molar-refractivity contribution in [3.63, 3.8) is 0 Å². The minimum atomic E-state index is -4.74. The Bertz CT molecular complexity index is 442. The smallest absolute Gasteiger partial charge is 0.417 e. The first-order chi connectivity index (χ1) is 8.21. The van der Waals surface area contributed by atoms with Crippen LogP contribution < -0.4 is 4.74 Å². The van der Waals surface area contributed by atoms with Crippen LogP contribution in [-0.4, -0.2) is 35.1 Å². The van der Waals surface area contributed by atoms with Gasteiger partial charge in [0, 0.05) is 0 Å². The lowest BCUT2D eigenvalue weighted by atomic mass is 10.1. The third-order valence-corrected chi connectivity index (χ3v) is 2.20. The minimum Gasteiger partial charge on any atom is -0.490 e. The summed E-state index contributed by atoms with van der Waals surface area (Å²) in [7, 11) is 0. The second-order valence-electron chi connectivity index (χ2n) is 3.65. The fraction of sp³-hybridized carbons (Fsp3) is 0.364. The molecule has 0 saturated heterocycles. The van der Waals surface area contributed by atoms with Crippen molar-refractivity contribution in [2.45, 2.75) is 19.2 Å². The lowest BCUT2D eigenvalue weighted by Crippen LogP contribution is -2.34. The zero-order valence-corrected chi connectivity index (χ0v) is 9.36. The van der Waals surface area contributed by atoms with E-state index in [-0.39, 0.29) is 11.3 Å². The van der Waals surface area contributed by atoms with Crippen LogP contribution in [0.4, 0.5) is 13.2 Å². The normalized spacial score (nSPS) is 13.2. The van der Waals surface area contributed by atoms with E-state index in [1.54, 1.807) is 0 Å². The van der Waals surface area contributed by atoms with E-state index >= 15 is 0 Å². The van der Waals surface area contributed by atoms with Crippen LogP contribution in [0.5, 0.6) is 5.75 Å². The van der Waals surface area contributed by atoms with Crippen LogP contribution in [-0.2, 0) is 0 Å². The first-order valence-corrected chi connectivity index (χ1v) is 4.93. The summed E-state index contributed by atoms with van der Waals surface area (Å²) >= 11 is 0. The van der Waals surface area contributed by atoms with Crippen molar-refractivity contribution >= 4 is 5.97 Å². The van der Waals surface area contributed by atoms with Gasteiger partial charge in [0.05, 0.1) is 5.56 Å². The van der Waals surface area contributed by atoms with Crippen molar-refractivity contribution in [1.29, 1.82) is 0 Å². The monoisotopic (exact) mass is 264 g/mol. The maximum atomic E-state index is 12.0. The molecule has 1 aromatic rings. The predicted molar refractivity (Wildman–Crippen MR) is 55.7 cm³/mol. The molecule has 1 atom stereocenters. The number of rotatable bonds is 4. The molecule has 0 bridgehead atoms. The molecule has 0 aromatic heterocycles. The van der Waals surface area contributed by atoms with E-state index in [0.717, 1.165) is 0 Å². The molecule has 0 heterocycles. The molecule has 7 heteroatoms. The Balaban J connectivity index is 2.72. The number of carboxylic acid groups (broad SMARTS) is 1. The maximum absolute atomic E-state index is 12.0. The molecule has 1 unspecified atom stereocenters.